The van der Waals surface area contributed by atoms with E-state index in [9.17, 15) is 4.79 Å². The molecule has 2 atom stereocenters. The number of ether oxygens (including phenoxy) is 2. The number of carbonyl (C=O) groups excluding carboxylic acids is 1. The summed E-state index contributed by atoms with van der Waals surface area (Å²) in [5.41, 5.74) is -0.303. The van der Waals surface area contributed by atoms with Crippen LogP contribution in [0, 0.1) is 11.8 Å². The summed E-state index contributed by atoms with van der Waals surface area (Å²) in [7, 11) is 0. The minimum atomic E-state index is -0.276. The first-order chi connectivity index (χ1) is 9.09. The van der Waals surface area contributed by atoms with Crippen molar-refractivity contribution < 1.29 is 14.3 Å². The minimum absolute atomic E-state index is 0.0332. The van der Waals surface area contributed by atoms with Crippen molar-refractivity contribution >= 4 is 17.7 Å². The molecule has 4 rings (SSSR count). The van der Waals surface area contributed by atoms with Crippen molar-refractivity contribution in [3.8, 4) is 0 Å². The van der Waals surface area contributed by atoms with E-state index in [-0.39, 0.29) is 17.2 Å². The first-order valence-electron chi connectivity index (χ1n) is 7.07. The summed E-state index contributed by atoms with van der Waals surface area (Å²) in [4.78, 5) is 11.6. The minimum Gasteiger partial charge on any atom is -0.456 e. The Morgan fingerprint density at radius 3 is 2.53 bits per heavy atom. The van der Waals surface area contributed by atoms with Gasteiger partial charge in [0.1, 0.15) is 5.60 Å². The Morgan fingerprint density at radius 2 is 1.95 bits per heavy atom. The van der Waals surface area contributed by atoms with E-state index in [1.165, 1.54) is 12.5 Å². The molecule has 0 N–H and O–H groups in total. The van der Waals surface area contributed by atoms with Crippen LogP contribution >= 0.6 is 11.8 Å². The largest absolute Gasteiger partial charge is 0.456 e. The maximum atomic E-state index is 11.6. The van der Waals surface area contributed by atoms with E-state index in [0.717, 1.165) is 38.0 Å². The average molecular weight is 282 g/mol. The Balaban J connectivity index is 1.80. The standard InChI is InChI=1S/C15H22O3S/c1-3-13(16)18-15-7-11-4-12(8-15)6-14(5-11,9-15)17-10-19-2/h3,11-12H,1,4-10H2,2H3. The molecule has 0 spiro atoms. The molecule has 0 amide bonds. The molecular formula is C15H22O3S. The highest BCUT2D eigenvalue weighted by atomic mass is 32.2. The fourth-order valence-corrected chi connectivity index (χ4v) is 5.19. The molecule has 0 aromatic heterocycles. The quantitative estimate of drug-likeness (QED) is 0.441. The summed E-state index contributed by atoms with van der Waals surface area (Å²) in [6.45, 7) is 3.52. The van der Waals surface area contributed by atoms with Crippen molar-refractivity contribution in [1.29, 1.82) is 0 Å². The van der Waals surface area contributed by atoms with Crippen LogP contribution in [0.15, 0.2) is 12.7 Å². The van der Waals surface area contributed by atoms with Crippen molar-refractivity contribution in [3.05, 3.63) is 12.7 Å². The number of carbonyl (C=O) groups is 1. The SMILES string of the molecule is C=CC(=O)OC12CC3CC(CC(OCSC)(C3)C1)C2. The fraction of sp³-hybridized carbons (Fsp3) is 0.800. The smallest absolute Gasteiger partial charge is 0.330 e. The topological polar surface area (TPSA) is 35.5 Å². The van der Waals surface area contributed by atoms with E-state index in [1.54, 1.807) is 11.8 Å². The summed E-state index contributed by atoms with van der Waals surface area (Å²) >= 11 is 1.72. The number of esters is 1. The summed E-state index contributed by atoms with van der Waals surface area (Å²) in [5.74, 6) is 1.80. The summed E-state index contributed by atoms with van der Waals surface area (Å²) in [6.07, 6.45) is 9.86. The Morgan fingerprint density at radius 1 is 1.32 bits per heavy atom. The molecule has 3 nitrogen and oxygen atoms in total. The van der Waals surface area contributed by atoms with Gasteiger partial charge in [0, 0.05) is 12.5 Å². The van der Waals surface area contributed by atoms with Crippen LogP contribution in [0.3, 0.4) is 0 Å². The Labute approximate surface area is 119 Å². The van der Waals surface area contributed by atoms with Crippen LogP contribution in [-0.4, -0.2) is 29.4 Å². The molecule has 4 bridgehead atoms. The highest BCUT2D eigenvalue weighted by Gasteiger charge is 2.60. The van der Waals surface area contributed by atoms with Crippen LogP contribution < -0.4 is 0 Å². The molecule has 4 aliphatic carbocycles. The number of thioether (sulfide) groups is 1. The molecule has 0 aromatic carbocycles. The van der Waals surface area contributed by atoms with Gasteiger partial charge in [-0.1, -0.05) is 6.58 Å². The average Bonchev–Trinajstić information content (AvgIpc) is 2.34. The van der Waals surface area contributed by atoms with Gasteiger partial charge in [-0.25, -0.2) is 4.79 Å². The van der Waals surface area contributed by atoms with Crippen LogP contribution in [0.2, 0.25) is 0 Å². The molecule has 2 unspecified atom stereocenters. The second-order valence-corrected chi connectivity index (χ2v) is 7.32. The highest BCUT2D eigenvalue weighted by molar-refractivity contribution is 7.98. The third kappa shape index (κ3) is 2.45. The lowest BCUT2D eigenvalue weighted by Crippen LogP contribution is -2.61. The van der Waals surface area contributed by atoms with Gasteiger partial charge in [0.25, 0.3) is 0 Å². The summed E-state index contributed by atoms with van der Waals surface area (Å²) < 4.78 is 11.9. The molecular weight excluding hydrogens is 260 g/mol. The second-order valence-electron chi connectivity index (χ2n) is 6.50. The van der Waals surface area contributed by atoms with Crippen molar-refractivity contribution in [1.82, 2.24) is 0 Å². The maximum Gasteiger partial charge on any atom is 0.330 e. The monoisotopic (exact) mass is 282 g/mol. The highest BCUT2D eigenvalue weighted by Crippen LogP contribution is 2.60. The Kier molecular flexibility index (Phi) is 3.42. The molecule has 4 fully saturated rings. The van der Waals surface area contributed by atoms with Crippen LogP contribution in [-0.2, 0) is 14.3 Å². The van der Waals surface area contributed by atoms with Crippen LogP contribution in [0.25, 0.3) is 0 Å². The molecule has 19 heavy (non-hydrogen) atoms. The third-order valence-electron chi connectivity index (χ3n) is 4.92. The van der Waals surface area contributed by atoms with E-state index in [1.807, 2.05) is 0 Å². The first kappa shape index (κ1) is 13.5. The van der Waals surface area contributed by atoms with Crippen LogP contribution in [0.5, 0.6) is 0 Å². The van der Waals surface area contributed by atoms with Crippen molar-refractivity contribution in [2.75, 3.05) is 12.2 Å². The molecule has 0 radical (unpaired) electrons. The van der Waals surface area contributed by atoms with Gasteiger partial charge in [-0.15, -0.1) is 11.8 Å². The van der Waals surface area contributed by atoms with Crippen LogP contribution in [0.1, 0.15) is 38.5 Å². The van der Waals surface area contributed by atoms with Gasteiger partial charge in [0.05, 0.1) is 11.5 Å². The number of hydrogen-bond donors (Lipinski definition) is 0. The van der Waals surface area contributed by atoms with E-state index in [0.29, 0.717) is 11.8 Å². The third-order valence-corrected chi connectivity index (χ3v) is 5.27. The Hall–Kier alpha value is -0.480. The van der Waals surface area contributed by atoms with Crippen molar-refractivity contribution in [2.45, 2.75) is 49.7 Å². The Bertz CT molecular complexity index is 379. The van der Waals surface area contributed by atoms with E-state index in [4.69, 9.17) is 9.47 Å². The van der Waals surface area contributed by atoms with Gasteiger partial charge in [-0.05, 0) is 50.2 Å². The zero-order valence-electron chi connectivity index (χ0n) is 11.5. The van der Waals surface area contributed by atoms with Gasteiger partial charge in [-0.2, -0.15) is 0 Å². The summed E-state index contributed by atoms with van der Waals surface area (Å²) in [6, 6.07) is 0. The maximum absolute atomic E-state index is 11.6. The zero-order chi connectivity index (χ0) is 13.5. The lowest BCUT2D eigenvalue weighted by molar-refractivity contribution is -0.226. The zero-order valence-corrected chi connectivity index (χ0v) is 12.3. The lowest BCUT2D eigenvalue weighted by Gasteiger charge is -2.60. The van der Waals surface area contributed by atoms with Gasteiger partial charge in [-0.3, -0.25) is 0 Å². The van der Waals surface area contributed by atoms with E-state index in [2.05, 4.69) is 12.8 Å². The van der Waals surface area contributed by atoms with Crippen LogP contribution in [0.4, 0.5) is 0 Å². The number of hydrogen-bond acceptors (Lipinski definition) is 4. The first-order valence-corrected chi connectivity index (χ1v) is 8.46. The molecule has 4 aliphatic rings. The van der Waals surface area contributed by atoms with E-state index >= 15 is 0 Å². The molecule has 0 heterocycles. The lowest BCUT2D eigenvalue weighted by atomic mass is 9.52. The molecule has 0 aliphatic heterocycles. The van der Waals surface area contributed by atoms with Gasteiger partial charge < -0.3 is 9.47 Å². The van der Waals surface area contributed by atoms with Crippen molar-refractivity contribution in [3.63, 3.8) is 0 Å². The summed E-state index contributed by atoms with van der Waals surface area (Å²) in [5, 5.41) is 0. The van der Waals surface area contributed by atoms with Gasteiger partial charge in [0.15, 0.2) is 0 Å². The predicted molar refractivity (Wildman–Crippen MR) is 75.9 cm³/mol. The second kappa shape index (κ2) is 4.81. The van der Waals surface area contributed by atoms with E-state index < -0.39 is 0 Å². The normalized spacial score (nSPS) is 43.2. The van der Waals surface area contributed by atoms with Crippen molar-refractivity contribution in [2.24, 2.45) is 11.8 Å². The molecule has 0 aromatic rings. The molecule has 4 saturated carbocycles. The van der Waals surface area contributed by atoms with Gasteiger partial charge in [0.2, 0.25) is 0 Å². The molecule has 0 saturated heterocycles. The predicted octanol–water partition coefficient (Wildman–Crippen LogP) is 3.14. The molecule has 106 valence electrons. The number of rotatable bonds is 5. The van der Waals surface area contributed by atoms with Gasteiger partial charge >= 0.3 is 5.97 Å². The molecule has 4 heteroatoms. The fourth-order valence-electron chi connectivity index (χ4n) is 4.82.